The van der Waals surface area contributed by atoms with Crippen molar-refractivity contribution < 1.29 is 4.74 Å². The lowest BCUT2D eigenvalue weighted by molar-refractivity contribution is 0.122. The number of rotatable bonds is 6. The average molecular weight is 241 g/mol. The second-order valence-electron chi connectivity index (χ2n) is 5.94. The van der Waals surface area contributed by atoms with Gasteiger partial charge in [-0.15, -0.1) is 0 Å². The van der Waals surface area contributed by atoms with Crippen molar-refractivity contribution in [1.29, 1.82) is 0 Å². The molecule has 1 aliphatic carbocycles. The molecular weight excluding hydrogens is 210 g/mol. The van der Waals surface area contributed by atoms with Crippen LogP contribution in [0, 0.1) is 11.8 Å². The molecule has 0 heterocycles. The molecule has 0 aromatic heterocycles. The first-order valence-corrected chi connectivity index (χ1v) is 7.47. The summed E-state index contributed by atoms with van der Waals surface area (Å²) < 4.78 is 5.46. The van der Waals surface area contributed by atoms with Gasteiger partial charge >= 0.3 is 0 Å². The van der Waals surface area contributed by atoms with Crippen molar-refractivity contribution in [3.8, 4) is 0 Å². The van der Waals surface area contributed by atoms with E-state index in [2.05, 4.69) is 33.0 Å². The van der Waals surface area contributed by atoms with Gasteiger partial charge in [0.05, 0.1) is 6.61 Å². The van der Waals surface area contributed by atoms with Gasteiger partial charge in [0.15, 0.2) is 0 Å². The lowest BCUT2D eigenvalue weighted by Gasteiger charge is -2.22. The number of hydrogen-bond acceptors (Lipinski definition) is 2. The minimum absolute atomic E-state index is 0.496. The molecule has 1 aliphatic rings. The van der Waals surface area contributed by atoms with E-state index in [1.54, 1.807) is 0 Å². The van der Waals surface area contributed by atoms with E-state index in [9.17, 15) is 0 Å². The third-order valence-corrected chi connectivity index (χ3v) is 4.05. The Morgan fingerprint density at radius 3 is 2.53 bits per heavy atom. The summed E-state index contributed by atoms with van der Waals surface area (Å²) in [4.78, 5) is 0. The summed E-state index contributed by atoms with van der Waals surface area (Å²) in [5.74, 6) is 1.80. The molecule has 1 saturated carbocycles. The molecule has 0 radical (unpaired) electrons. The first kappa shape index (κ1) is 15.0. The van der Waals surface area contributed by atoms with Crippen LogP contribution in [-0.2, 0) is 4.74 Å². The van der Waals surface area contributed by atoms with Gasteiger partial charge in [-0.3, -0.25) is 0 Å². The number of ether oxygens (including phenoxy) is 1. The van der Waals surface area contributed by atoms with Crippen LogP contribution in [0.5, 0.6) is 0 Å². The maximum absolute atomic E-state index is 5.46. The lowest BCUT2D eigenvalue weighted by atomic mass is 9.89. The van der Waals surface area contributed by atoms with Crippen molar-refractivity contribution in [2.75, 3.05) is 13.2 Å². The molecule has 0 aromatic carbocycles. The zero-order valence-electron chi connectivity index (χ0n) is 12.2. The summed E-state index contributed by atoms with van der Waals surface area (Å²) >= 11 is 0. The highest BCUT2D eigenvalue weighted by atomic mass is 16.5. The Kier molecular flexibility index (Phi) is 7.14. The molecule has 2 heteroatoms. The SMILES string of the molecule is CCOCC(C)NC1CCCC(C(C)C)CC1. The maximum Gasteiger partial charge on any atom is 0.0616 e. The predicted molar refractivity (Wildman–Crippen MR) is 74.3 cm³/mol. The molecule has 17 heavy (non-hydrogen) atoms. The average Bonchev–Trinajstić information content (AvgIpc) is 2.52. The molecule has 2 nitrogen and oxygen atoms in total. The number of hydrogen-bond donors (Lipinski definition) is 1. The molecule has 1 rings (SSSR count). The highest BCUT2D eigenvalue weighted by Crippen LogP contribution is 2.28. The van der Waals surface area contributed by atoms with Crippen LogP contribution in [0.2, 0.25) is 0 Å². The molecule has 0 amide bonds. The molecule has 102 valence electrons. The van der Waals surface area contributed by atoms with E-state index in [1.165, 1.54) is 32.1 Å². The smallest absolute Gasteiger partial charge is 0.0616 e. The molecular formula is C15H31NO. The molecule has 0 aromatic rings. The molecule has 0 bridgehead atoms. The molecule has 0 saturated heterocycles. The van der Waals surface area contributed by atoms with Gasteiger partial charge in [0.1, 0.15) is 0 Å². The van der Waals surface area contributed by atoms with Crippen molar-refractivity contribution in [2.45, 2.75) is 71.9 Å². The molecule has 0 aliphatic heterocycles. The van der Waals surface area contributed by atoms with E-state index in [0.29, 0.717) is 12.1 Å². The largest absolute Gasteiger partial charge is 0.380 e. The fourth-order valence-electron chi connectivity index (χ4n) is 2.91. The van der Waals surface area contributed by atoms with Gasteiger partial charge in [-0.25, -0.2) is 0 Å². The Balaban J connectivity index is 2.26. The second-order valence-corrected chi connectivity index (χ2v) is 5.94. The van der Waals surface area contributed by atoms with Crippen LogP contribution >= 0.6 is 0 Å². The zero-order chi connectivity index (χ0) is 12.7. The second kappa shape index (κ2) is 8.10. The van der Waals surface area contributed by atoms with Gasteiger partial charge in [0.25, 0.3) is 0 Å². The lowest BCUT2D eigenvalue weighted by Crippen LogP contribution is -2.39. The summed E-state index contributed by atoms with van der Waals surface area (Å²) in [5.41, 5.74) is 0. The minimum atomic E-state index is 0.496. The first-order valence-electron chi connectivity index (χ1n) is 7.47. The highest BCUT2D eigenvalue weighted by Gasteiger charge is 2.21. The van der Waals surface area contributed by atoms with Gasteiger partial charge in [0.2, 0.25) is 0 Å². The van der Waals surface area contributed by atoms with Gasteiger partial charge in [-0.1, -0.05) is 26.7 Å². The van der Waals surface area contributed by atoms with Crippen LogP contribution in [0.4, 0.5) is 0 Å². The number of nitrogens with one attached hydrogen (secondary N) is 1. The van der Waals surface area contributed by atoms with Crippen LogP contribution in [0.15, 0.2) is 0 Å². The van der Waals surface area contributed by atoms with Crippen LogP contribution in [0.25, 0.3) is 0 Å². The molecule has 3 atom stereocenters. The summed E-state index contributed by atoms with van der Waals surface area (Å²) in [6.45, 7) is 10.7. The molecule has 1 N–H and O–H groups in total. The first-order chi connectivity index (χ1) is 8.13. The quantitative estimate of drug-likeness (QED) is 0.717. The monoisotopic (exact) mass is 241 g/mol. The normalized spacial score (nSPS) is 28.1. The Morgan fingerprint density at radius 1 is 1.12 bits per heavy atom. The van der Waals surface area contributed by atoms with Crippen LogP contribution in [0.3, 0.4) is 0 Å². The predicted octanol–water partition coefficient (Wildman–Crippen LogP) is 3.61. The van der Waals surface area contributed by atoms with E-state index >= 15 is 0 Å². The third-order valence-electron chi connectivity index (χ3n) is 4.05. The summed E-state index contributed by atoms with van der Waals surface area (Å²) in [6.07, 6.45) is 6.91. The summed E-state index contributed by atoms with van der Waals surface area (Å²) in [6, 6.07) is 1.21. The van der Waals surface area contributed by atoms with E-state index < -0.39 is 0 Å². The van der Waals surface area contributed by atoms with Gasteiger partial charge in [-0.05, 0) is 44.9 Å². The maximum atomic E-state index is 5.46. The van der Waals surface area contributed by atoms with Crippen molar-refractivity contribution in [1.82, 2.24) is 5.32 Å². The molecule has 0 spiro atoms. The zero-order valence-corrected chi connectivity index (χ0v) is 12.2. The Morgan fingerprint density at radius 2 is 1.88 bits per heavy atom. The van der Waals surface area contributed by atoms with E-state index in [0.717, 1.165) is 25.0 Å². The van der Waals surface area contributed by atoms with Crippen molar-refractivity contribution in [2.24, 2.45) is 11.8 Å². The minimum Gasteiger partial charge on any atom is -0.380 e. The van der Waals surface area contributed by atoms with E-state index in [-0.39, 0.29) is 0 Å². The van der Waals surface area contributed by atoms with E-state index in [4.69, 9.17) is 4.74 Å². The van der Waals surface area contributed by atoms with Crippen molar-refractivity contribution >= 4 is 0 Å². The molecule has 3 unspecified atom stereocenters. The van der Waals surface area contributed by atoms with Gasteiger partial charge in [0, 0.05) is 18.7 Å². The van der Waals surface area contributed by atoms with Gasteiger partial charge < -0.3 is 10.1 Å². The Bertz CT molecular complexity index is 193. The standard InChI is InChI=1S/C15H31NO/c1-5-17-11-13(4)16-15-8-6-7-14(9-10-15)12(2)3/h12-16H,5-11H2,1-4H3. The fraction of sp³-hybridized carbons (Fsp3) is 1.00. The van der Waals surface area contributed by atoms with E-state index in [1.807, 2.05) is 0 Å². The van der Waals surface area contributed by atoms with Crippen LogP contribution < -0.4 is 5.32 Å². The van der Waals surface area contributed by atoms with Crippen molar-refractivity contribution in [3.05, 3.63) is 0 Å². The highest BCUT2D eigenvalue weighted by molar-refractivity contribution is 4.78. The van der Waals surface area contributed by atoms with Crippen LogP contribution in [0.1, 0.15) is 59.8 Å². The summed E-state index contributed by atoms with van der Waals surface area (Å²) in [7, 11) is 0. The topological polar surface area (TPSA) is 21.3 Å². The Hall–Kier alpha value is -0.0800. The van der Waals surface area contributed by atoms with Crippen LogP contribution in [-0.4, -0.2) is 25.3 Å². The Labute approximate surface area is 108 Å². The fourth-order valence-corrected chi connectivity index (χ4v) is 2.91. The van der Waals surface area contributed by atoms with Crippen molar-refractivity contribution in [3.63, 3.8) is 0 Å². The third kappa shape index (κ3) is 5.87. The molecule has 1 fully saturated rings. The van der Waals surface area contributed by atoms with Gasteiger partial charge in [-0.2, -0.15) is 0 Å². The summed E-state index contributed by atoms with van der Waals surface area (Å²) in [5, 5.41) is 3.73.